The highest BCUT2D eigenvalue weighted by Crippen LogP contribution is 2.31. The number of benzene rings is 2. The fourth-order valence-corrected chi connectivity index (χ4v) is 4.25. The number of anilines is 1. The Bertz CT molecular complexity index is 1310. The molecule has 0 atom stereocenters. The third-order valence-electron chi connectivity index (χ3n) is 5.58. The van der Waals surface area contributed by atoms with E-state index in [9.17, 15) is 4.79 Å². The summed E-state index contributed by atoms with van der Waals surface area (Å²) in [5.74, 6) is 0.352. The fourth-order valence-electron chi connectivity index (χ4n) is 4.08. The van der Waals surface area contributed by atoms with Crippen LogP contribution in [0, 0.1) is 6.92 Å². The number of imidazole rings is 1. The molecule has 1 aliphatic rings. The van der Waals surface area contributed by atoms with Crippen molar-refractivity contribution in [2.45, 2.75) is 6.92 Å². The molecule has 5 rings (SSSR count). The van der Waals surface area contributed by atoms with Gasteiger partial charge in [-0.15, -0.1) is 0 Å². The molecule has 0 bridgehead atoms. The number of carbonyl (C=O) groups is 1. The van der Waals surface area contributed by atoms with Gasteiger partial charge in [-0.1, -0.05) is 17.7 Å². The normalized spacial score (nSPS) is 14.4. The summed E-state index contributed by atoms with van der Waals surface area (Å²) in [6, 6.07) is 11.6. The zero-order valence-corrected chi connectivity index (χ0v) is 18.0. The molecule has 7 nitrogen and oxygen atoms in total. The number of carbonyl (C=O) groups excluding carboxylic acids is 1. The smallest absolute Gasteiger partial charge is 0.340 e. The Morgan fingerprint density at radius 1 is 1.13 bits per heavy atom. The van der Waals surface area contributed by atoms with Crippen molar-refractivity contribution in [2.24, 2.45) is 0 Å². The van der Waals surface area contributed by atoms with Crippen LogP contribution >= 0.6 is 11.6 Å². The van der Waals surface area contributed by atoms with Crippen LogP contribution in [0.2, 0.25) is 5.02 Å². The first-order valence-electron chi connectivity index (χ1n) is 10.0. The molecule has 0 amide bonds. The molecule has 0 spiro atoms. The van der Waals surface area contributed by atoms with E-state index in [0.29, 0.717) is 29.3 Å². The highest BCUT2D eigenvalue weighted by Gasteiger charge is 2.22. The average Bonchev–Trinajstić information content (AvgIpc) is 3.13. The zero-order valence-electron chi connectivity index (χ0n) is 17.3. The first-order chi connectivity index (χ1) is 15.0. The molecule has 8 heteroatoms. The molecular formula is C23H21ClN4O3. The van der Waals surface area contributed by atoms with Gasteiger partial charge >= 0.3 is 5.97 Å². The van der Waals surface area contributed by atoms with Crippen molar-refractivity contribution in [1.29, 1.82) is 0 Å². The van der Waals surface area contributed by atoms with E-state index < -0.39 is 5.97 Å². The first-order valence-corrected chi connectivity index (χ1v) is 10.4. The van der Waals surface area contributed by atoms with Crippen LogP contribution < -0.4 is 4.90 Å². The van der Waals surface area contributed by atoms with E-state index in [1.807, 2.05) is 41.8 Å². The second kappa shape index (κ2) is 7.83. The summed E-state index contributed by atoms with van der Waals surface area (Å²) in [5, 5.41) is 1.62. The zero-order chi connectivity index (χ0) is 21.5. The van der Waals surface area contributed by atoms with Crippen LogP contribution in [0.3, 0.4) is 0 Å². The Kier molecular flexibility index (Phi) is 5.00. The maximum atomic E-state index is 12.6. The predicted octanol–water partition coefficient (Wildman–Crippen LogP) is 4.16. The molecule has 4 aromatic rings. The van der Waals surface area contributed by atoms with Crippen molar-refractivity contribution in [3.63, 3.8) is 0 Å². The highest BCUT2D eigenvalue weighted by molar-refractivity contribution is 6.31. The molecule has 2 aromatic carbocycles. The lowest BCUT2D eigenvalue weighted by Crippen LogP contribution is -2.36. The number of nitrogens with zero attached hydrogens (tertiary/aromatic N) is 4. The van der Waals surface area contributed by atoms with Crippen molar-refractivity contribution in [3.05, 3.63) is 59.0 Å². The van der Waals surface area contributed by atoms with Gasteiger partial charge in [0.25, 0.3) is 0 Å². The minimum Gasteiger partial charge on any atom is -0.465 e. The maximum Gasteiger partial charge on any atom is 0.340 e. The summed E-state index contributed by atoms with van der Waals surface area (Å²) in [4.78, 5) is 24.1. The summed E-state index contributed by atoms with van der Waals surface area (Å²) in [7, 11) is 1.39. The molecule has 2 aromatic heterocycles. The molecule has 0 saturated carbocycles. The number of esters is 1. The van der Waals surface area contributed by atoms with Crippen LogP contribution in [0.4, 0.5) is 5.69 Å². The molecule has 0 N–H and O–H groups in total. The summed E-state index contributed by atoms with van der Waals surface area (Å²) in [6.45, 7) is 4.75. The van der Waals surface area contributed by atoms with E-state index in [1.54, 1.807) is 6.20 Å². The topological polar surface area (TPSA) is 69.5 Å². The largest absolute Gasteiger partial charge is 0.465 e. The number of hydrogen-bond donors (Lipinski definition) is 0. The van der Waals surface area contributed by atoms with Crippen LogP contribution in [0.1, 0.15) is 16.2 Å². The van der Waals surface area contributed by atoms with Gasteiger partial charge in [-0.25, -0.2) is 9.78 Å². The molecule has 0 radical (unpaired) electrons. The minimum atomic E-state index is -0.406. The predicted molar refractivity (Wildman–Crippen MR) is 120 cm³/mol. The van der Waals surface area contributed by atoms with Crippen LogP contribution in [0.5, 0.6) is 0 Å². The lowest BCUT2D eigenvalue weighted by Gasteiger charge is -2.29. The third kappa shape index (κ3) is 3.49. The van der Waals surface area contributed by atoms with Crippen LogP contribution in [-0.2, 0) is 9.47 Å². The number of halogens is 1. The number of rotatable bonds is 3. The molecule has 0 unspecified atom stereocenters. The second-order valence-electron chi connectivity index (χ2n) is 7.48. The summed E-state index contributed by atoms with van der Waals surface area (Å²) < 4.78 is 12.6. The molecule has 1 aliphatic heterocycles. The van der Waals surface area contributed by atoms with E-state index in [-0.39, 0.29) is 0 Å². The fraction of sp³-hybridized carbons (Fsp3) is 0.261. The summed E-state index contributed by atoms with van der Waals surface area (Å²) in [6.07, 6.45) is 1.80. The van der Waals surface area contributed by atoms with E-state index in [4.69, 9.17) is 26.1 Å². The van der Waals surface area contributed by atoms with Gasteiger partial charge in [0, 0.05) is 29.2 Å². The number of hydrogen-bond acceptors (Lipinski definition) is 6. The van der Waals surface area contributed by atoms with Gasteiger partial charge in [-0.05, 0) is 37.3 Å². The van der Waals surface area contributed by atoms with Crippen molar-refractivity contribution in [2.75, 3.05) is 38.3 Å². The van der Waals surface area contributed by atoms with Crippen molar-refractivity contribution in [1.82, 2.24) is 14.5 Å². The third-order valence-corrected chi connectivity index (χ3v) is 5.82. The van der Waals surface area contributed by atoms with Crippen molar-refractivity contribution < 1.29 is 14.3 Å². The number of morpholine rings is 1. The minimum absolute atomic E-state index is 0.406. The number of aryl methyl sites for hydroxylation is 1. The van der Waals surface area contributed by atoms with Crippen molar-refractivity contribution in [3.8, 4) is 5.69 Å². The molecule has 158 valence electrons. The molecule has 0 aliphatic carbocycles. The highest BCUT2D eigenvalue weighted by atomic mass is 35.5. The first kappa shape index (κ1) is 19.8. The van der Waals surface area contributed by atoms with Gasteiger partial charge in [0.2, 0.25) is 0 Å². The second-order valence-corrected chi connectivity index (χ2v) is 7.91. The van der Waals surface area contributed by atoms with Crippen LogP contribution in [0.25, 0.3) is 27.6 Å². The standard InChI is InChI=1S/C23H21ClN4O3/c1-14-26-22-19(23(29)30-2)11-17(27-5-7-31-8-6-27)12-21(22)28(14)18-9-15-3-4-16(24)10-20(15)25-13-18/h3-4,9-13H,5-8H2,1-2H3. The van der Waals surface area contributed by atoms with E-state index in [2.05, 4.69) is 16.0 Å². The molecule has 1 fully saturated rings. The summed E-state index contributed by atoms with van der Waals surface area (Å²) >= 11 is 6.10. The number of ether oxygens (including phenoxy) is 2. The Morgan fingerprint density at radius 3 is 2.71 bits per heavy atom. The maximum absolute atomic E-state index is 12.6. The van der Waals surface area contributed by atoms with Gasteiger partial charge in [0.1, 0.15) is 11.3 Å². The van der Waals surface area contributed by atoms with E-state index in [1.165, 1.54) is 7.11 Å². The number of fused-ring (bicyclic) bond motifs is 2. The Balaban J connectivity index is 1.73. The summed E-state index contributed by atoms with van der Waals surface area (Å²) in [5.41, 5.74) is 4.52. The van der Waals surface area contributed by atoms with Gasteiger partial charge < -0.3 is 14.4 Å². The van der Waals surface area contributed by atoms with Crippen LogP contribution in [0.15, 0.2) is 42.6 Å². The van der Waals surface area contributed by atoms with Crippen molar-refractivity contribution >= 4 is 45.2 Å². The lowest BCUT2D eigenvalue weighted by molar-refractivity contribution is 0.0603. The van der Waals surface area contributed by atoms with Gasteiger partial charge in [-0.2, -0.15) is 0 Å². The van der Waals surface area contributed by atoms with E-state index in [0.717, 1.165) is 46.7 Å². The number of aromatic nitrogens is 3. The van der Waals surface area contributed by atoms with Gasteiger partial charge in [-0.3, -0.25) is 9.55 Å². The molecular weight excluding hydrogens is 416 g/mol. The Labute approximate surface area is 184 Å². The molecule has 1 saturated heterocycles. The molecule has 3 heterocycles. The van der Waals surface area contributed by atoms with Gasteiger partial charge in [0.05, 0.1) is 48.8 Å². The monoisotopic (exact) mass is 436 g/mol. The Morgan fingerprint density at radius 2 is 1.94 bits per heavy atom. The Hall–Kier alpha value is -3.16. The lowest BCUT2D eigenvalue weighted by atomic mass is 10.1. The number of methoxy groups -OCH3 is 1. The van der Waals surface area contributed by atoms with Gasteiger partial charge in [0.15, 0.2) is 0 Å². The average molecular weight is 437 g/mol. The SMILES string of the molecule is COC(=O)c1cc(N2CCOCC2)cc2c1nc(C)n2-c1cnc2cc(Cl)ccc2c1. The quantitative estimate of drug-likeness (QED) is 0.449. The van der Waals surface area contributed by atoms with Crippen LogP contribution in [-0.4, -0.2) is 53.9 Å². The van der Waals surface area contributed by atoms with E-state index >= 15 is 0 Å². The number of pyridine rings is 1. The molecule has 31 heavy (non-hydrogen) atoms.